The van der Waals surface area contributed by atoms with Crippen LogP contribution in [-0.2, 0) is 0 Å². The summed E-state index contributed by atoms with van der Waals surface area (Å²) in [6, 6.07) is 4.17. The number of methoxy groups -OCH3 is 1. The number of rotatable bonds is 5. The van der Waals surface area contributed by atoms with Gasteiger partial charge in [0.2, 0.25) is 11.7 Å². The van der Waals surface area contributed by atoms with E-state index in [2.05, 4.69) is 31.1 Å². The van der Waals surface area contributed by atoms with E-state index in [0.717, 1.165) is 0 Å². The van der Waals surface area contributed by atoms with E-state index < -0.39 is 5.82 Å². The van der Waals surface area contributed by atoms with Crippen LogP contribution in [0.1, 0.15) is 13.8 Å². The zero-order valence-electron chi connectivity index (χ0n) is 14.1. The van der Waals surface area contributed by atoms with Crippen molar-refractivity contribution in [2.75, 3.05) is 7.11 Å². The fourth-order valence-electron chi connectivity index (χ4n) is 2.24. The number of pyridine rings is 1. The van der Waals surface area contributed by atoms with Crippen molar-refractivity contribution in [1.82, 2.24) is 15.1 Å². The molecule has 0 aliphatic carbocycles. The third-order valence-electron chi connectivity index (χ3n) is 3.28. The van der Waals surface area contributed by atoms with E-state index in [1.807, 2.05) is 13.8 Å². The predicted octanol–water partition coefficient (Wildman–Crippen LogP) is 5.15. The molecule has 0 fully saturated rings. The number of halogens is 3. The summed E-state index contributed by atoms with van der Waals surface area (Å²) >= 11 is 9.43. The largest absolute Gasteiger partial charge is 0.495 e. The van der Waals surface area contributed by atoms with Gasteiger partial charge in [0, 0.05) is 6.20 Å². The van der Waals surface area contributed by atoms with E-state index >= 15 is 0 Å². The normalized spacial score (nSPS) is 11.0. The Hall–Kier alpha value is -2.19. The van der Waals surface area contributed by atoms with Gasteiger partial charge in [-0.3, -0.25) is 0 Å². The fourth-order valence-corrected chi connectivity index (χ4v) is 3.04. The van der Waals surface area contributed by atoms with Crippen molar-refractivity contribution in [1.29, 1.82) is 0 Å². The van der Waals surface area contributed by atoms with Gasteiger partial charge in [0.25, 0.3) is 5.89 Å². The van der Waals surface area contributed by atoms with Crippen LogP contribution in [0.25, 0.3) is 22.8 Å². The molecule has 0 aliphatic rings. The highest BCUT2D eigenvalue weighted by Crippen LogP contribution is 2.37. The lowest BCUT2D eigenvalue weighted by Gasteiger charge is -2.09. The SMILES string of the molecule is COc1c(Br)cc(F)cc1-c1noc(-c2cnc(OC(C)C)c(Cl)c2)n1. The molecule has 0 bridgehead atoms. The van der Waals surface area contributed by atoms with Gasteiger partial charge in [-0.2, -0.15) is 4.98 Å². The Morgan fingerprint density at radius 3 is 2.69 bits per heavy atom. The summed E-state index contributed by atoms with van der Waals surface area (Å²) in [5.41, 5.74) is 0.868. The first-order valence-electron chi connectivity index (χ1n) is 7.58. The van der Waals surface area contributed by atoms with Crippen LogP contribution in [0, 0.1) is 5.82 Å². The lowest BCUT2D eigenvalue weighted by molar-refractivity contribution is 0.233. The molecule has 0 saturated heterocycles. The molecule has 3 rings (SSSR count). The van der Waals surface area contributed by atoms with Crippen LogP contribution in [0.3, 0.4) is 0 Å². The molecular weight excluding hydrogens is 429 g/mol. The maximum atomic E-state index is 13.7. The van der Waals surface area contributed by atoms with Crippen LogP contribution in [0.5, 0.6) is 11.6 Å². The van der Waals surface area contributed by atoms with E-state index in [9.17, 15) is 4.39 Å². The molecule has 0 atom stereocenters. The highest BCUT2D eigenvalue weighted by atomic mass is 79.9. The molecule has 9 heteroatoms. The van der Waals surface area contributed by atoms with E-state index in [0.29, 0.717) is 32.3 Å². The average Bonchev–Trinajstić information content (AvgIpc) is 3.05. The summed E-state index contributed by atoms with van der Waals surface area (Å²) in [6.07, 6.45) is 1.46. The van der Waals surface area contributed by atoms with Gasteiger partial charge in [0.1, 0.15) is 16.6 Å². The van der Waals surface area contributed by atoms with Gasteiger partial charge < -0.3 is 14.0 Å². The van der Waals surface area contributed by atoms with E-state index in [1.165, 1.54) is 25.4 Å². The molecule has 136 valence electrons. The average molecular weight is 443 g/mol. The Bertz CT molecular complexity index is 949. The summed E-state index contributed by atoms with van der Waals surface area (Å²) in [7, 11) is 1.47. The molecule has 0 unspecified atom stereocenters. The van der Waals surface area contributed by atoms with Gasteiger partial charge in [-0.15, -0.1) is 0 Å². The highest BCUT2D eigenvalue weighted by Gasteiger charge is 2.19. The zero-order valence-corrected chi connectivity index (χ0v) is 16.4. The highest BCUT2D eigenvalue weighted by molar-refractivity contribution is 9.10. The lowest BCUT2D eigenvalue weighted by atomic mass is 10.2. The first kappa shape index (κ1) is 18.6. The van der Waals surface area contributed by atoms with Crippen LogP contribution in [-0.4, -0.2) is 28.3 Å². The van der Waals surface area contributed by atoms with Crippen molar-refractivity contribution in [3.05, 3.63) is 39.7 Å². The van der Waals surface area contributed by atoms with Crippen molar-refractivity contribution in [2.45, 2.75) is 20.0 Å². The Morgan fingerprint density at radius 1 is 1.27 bits per heavy atom. The minimum absolute atomic E-state index is 0.0558. The Morgan fingerprint density at radius 2 is 2.04 bits per heavy atom. The molecule has 3 aromatic rings. The Balaban J connectivity index is 1.98. The second-order valence-electron chi connectivity index (χ2n) is 5.57. The maximum absolute atomic E-state index is 13.7. The number of ether oxygens (including phenoxy) is 2. The van der Waals surface area contributed by atoms with Crippen molar-refractivity contribution in [3.8, 4) is 34.5 Å². The second-order valence-corrected chi connectivity index (χ2v) is 6.83. The van der Waals surface area contributed by atoms with Crippen LogP contribution in [0.15, 0.2) is 33.4 Å². The fraction of sp³-hybridized carbons (Fsp3) is 0.235. The minimum atomic E-state index is -0.459. The Kier molecular flexibility index (Phi) is 5.43. The third-order valence-corrected chi connectivity index (χ3v) is 4.14. The molecule has 0 radical (unpaired) electrons. The van der Waals surface area contributed by atoms with Crippen molar-refractivity contribution >= 4 is 27.5 Å². The van der Waals surface area contributed by atoms with E-state index in [4.69, 9.17) is 25.6 Å². The summed E-state index contributed by atoms with van der Waals surface area (Å²) in [5.74, 6) is 0.624. The molecule has 0 saturated carbocycles. The van der Waals surface area contributed by atoms with Gasteiger partial charge in [-0.25, -0.2) is 9.37 Å². The predicted molar refractivity (Wildman–Crippen MR) is 97.9 cm³/mol. The molecule has 0 amide bonds. The van der Waals surface area contributed by atoms with Crippen molar-refractivity contribution in [2.24, 2.45) is 0 Å². The van der Waals surface area contributed by atoms with Gasteiger partial charge >= 0.3 is 0 Å². The zero-order chi connectivity index (χ0) is 18.8. The molecule has 26 heavy (non-hydrogen) atoms. The molecule has 2 aromatic heterocycles. The summed E-state index contributed by atoms with van der Waals surface area (Å²) in [6.45, 7) is 3.75. The molecule has 2 heterocycles. The van der Waals surface area contributed by atoms with Crippen molar-refractivity contribution in [3.63, 3.8) is 0 Å². The maximum Gasteiger partial charge on any atom is 0.259 e. The molecular formula is C17H14BrClFN3O3. The lowest BCUT2D eigenvalue weighted by Crippen LogP contribution is -2.07. The van der Waals surface area contributed by atoms with Crippen molar-refractivity contribution < 1.29 is 18.4 Å². The summed E-state index contributed by atoms with van der Waals surface area (Å²) in [5, 5.41) is 4.22. The first-order valence-corrected chi connectivity index (χ1v) is 8.75. The van der Waals surface area contributed by atoms with Gasteiger partial charge in [-0.05, 0) is 48.0 Å². The monoisotopic (exact) mass is 441 g/mol. The van der Waals surface area contributed by atoms with Gasteiger partial charge in [0.15, 0.2) is 0 Å². The molecule has 6 nitrogen and oxygen atoms in total. The van der Waals surface area contributed by atoms with Gasteiger partial charge in [0.05, 0.1) is 28.8 Å². The first-order chi connectivity index (χ1) is 12.4. The molecule has 0 spiro atoms. The van der Waals surface area contributed by atoms with E-state index in [-0.39, 0.29) is 17.8 Å². The smallest absolute Gasteiger partial charge is 0.259 e. The second kappa shape index (κ2) is 7.59. The number of benzene rings is 1. The number of nitrogens with zero attached hydrogens (tertiary/aromatic N) is 3. The van der Waals surface area contributed by atoms with Crippen LogP contribution < -0.4 is 9.47 Å². The quantitative estimate of drug-likeness (QED) is 0.544. The third kappa shape index (κ3) is 3.81. The topological polar surface area (TPSA) is 70.3 Å². The van der Waals surface area contributed by atoms with Crippen LogP contribution in [0.4, 0.5) is 4.39 Å². The molecule has 1 aromatic carbocycles. The summed E-state index contributed by atoms with van der Waals surface area (Å²) in [4.78, 5) is 8.45. The molecule has 0 N–H and O–H groups in total. The standard InChI is InChI=1S/C17H14BrClFN3O3/c1-8(2)25-17-13(19)4-9(7-21-17)16-22-15(23-26-16)11-5-10(20)6-12(18)14(11)24-3/h4-8H,1-3H3. The number of aromatic nitrogens is 3. The van der Waals surface area contributed by atoms with Crippen LogP contribution in [0.2, 0.25) is 5.02 Å². The Labute approximate surface area is 162 Å². The van der Waals surface area contributed by atoms with Gasteiger partial charge in [-0.1, -0.05) is 16.8 Å². The van der Waals surface area contributed by atoms with Crippen LogP contribution >= 0.6 is 27.5 Å². The number of hydrogen-bond acceptors (Lipinski definition) is 6. The number of hydrogen-bond donors (Lipinski definition) is 0. The minimum Gasteiger partial charge on any atom is -0.495 e. The van der Waals surface area contributed by atoms with E-state index in [1.54, 1.807) is 6.07 Å². The summed E-state index contributed by atoms with van der Waals surface area (Å²) < 4.78 is 30.2. The molecule has 0 aliphatic heterocycles.